The van der Waals surface area contributed by atoms with E-state index < -0.39 is 0 Å². The lowest BCUT2D eigenvalue weighted by Crippen LogP contribution is -2.21. The van der Waals surface area contributed by atoms with Gasteiger partial charge in [0.05, 0.1) is 0 Å². The molecule has 3 rings (SSSR count). The third-order valence-corrected chi connectivity index (χ3v) is 3.51. The van der Waals surface area contributed by atoms with E-state index in [1.165, 1.54) is 17.7 Å². The summed E-state index contributed by atoms with van der Waals surface area (Å²) in [7, 11) is 0. The second kappa shape index (κ2) is 5.34. The number of hydrogen-bond acceptors (Lipinski definition) is 6. The first-order valence-electron chi connectivity index (χ1n) is 6.74. The first-order chi connectivity index (χ1) is 9.78. The smallest absolute Gasteiger partial charge is 0.224 e. The van der Waals surface area contributed by atoms with Gasteiger partial charge in [-0.1, -0.05) is 18.2 Å². The number of para-hydroxylation sites is 1. The minimum absolute atomic E-state index is 0.220. The Morgan fingerprint density at radius 2 is 2.00 bits per heavy atom. The van der Waals surface area contributed by atoms with E-state index in [1.807, 2.05) is 12.1 Å². The van der Waals surface area contributed by atoms with Crippen LogP contribution >= 0.6 is 0 Å². The fourth-order valence-corrected chi connectivity index (χ4v) is 2.59. The molecule has 0 amide bonds. The van der Waals surface area contributed by atoms with E-state index in [2.05, 4.69) is 38.5 Å². The molecule has 5 N–H and O–H groups in total. The second-order valence-corrected chi connectivity index (χ2v) is 4.85. The lowest BCUT2D eigenvalue weighted by atomic mass is 10.1. The average Bonchev–Trinajstić information content (AvgIpc) is 2.69. The van der Waals surface area contributed by atoms with Gasteiger partial charge in [-0.3, -0.25) is 0 Å². The Bertz CT molecular complexity index is 612. The summed E-state index contributed by atoms with van der Waals surface area (Å²) in [6.45, 7) is 0.914. The molecule has 0 bridgehead atoms. The van der Waals surface area contributed by atoms with E-state index >= 15 is 0 Å². The van der Waals surface area contributed by atoms with Crippen molar-refractivity contribution in [2.45, 2.75) is 19.3 Å². The maximum Gasteiger partial charge on any atom is 0.224 e. The molecule has 0 radical (unpaired) electrons. The number of fused-ring (bicyclic) bond motifs is 1. The van der Waals surface area contributed by atoms with Crippen LogP contribution in [-0.2, 0) is 6.42 Å². The maximum absolute atomic E-state index is 5.76. The van der Waals surface area contributed by atoms with Gasteiger partial charge in [-0.25, -0.2) is 5.84 Å². The van der Waals surface area contributed by atoms with Crippen molar-refractivity contribution < 1.29 is 0 Å². The van der Waals surface area contributed by atoms with Gasteiger partial charge in [0, 0.05) is 18.3 Å². The minimum atomic E-state index is 0.220. The Kier molecular flexibility index (Phi) is 3.39. The van der Waals surface area contributed by atoms with Crippen LogP contribution in [0.1, 0.15) is 18.4 Å². The van der Waals surface area contributed by atoms with Crippen LogP contribution in [0.5, 0.6) is 0 Å². The number of anilines is 4. The van der Waals surface area contributed by atoms with Crippen LogP contribution in [0.2, 0.25) is 0 Å². The van der Waals surface area contributed by atoms with Crippen LogP contribution < -0.4 is 21.9 Å². The van der Waals surface area contributed by atoms with E-state index in [9.17, 15) is 0 Å². The Hall–Kier alpha value is -2.34. The summed E-state index contributed by atoms with van der Waals surface area (Å²) in [5, 5.41) is 0. The fraction of sp³-hybridized carbons (Fsp3) is 0.286. The molecule has 104 valence electrons. The van der Waals surface area contributed by atoms with Crippen molar-refractivity contribution in [1.29, 1.82) is 0 Å². The number of aryl methyl sites for hydroxylation is 1. The topological polar surface area (TPSA) is 93.1 Å². The molecule has 1 aromatic carbocycles. The van der Waals surface area contributed by atoms with Gasteiger partial charge in [0.2, 0.25) is 5.95 Å². The summed E-state index contributed by atoms with van der Waals surface area (Å²) >= 11 is 0. The molecular formula is C14H18N6. The molecule has 0 spiro atoms. The zero-order chi connectivity index (χ0) is 13.9. The lowest BCUT2D eigenvalue weighted by molar-refractivity contribution is 0.757. The van der Waals surface area contributed by atoms with Crippen LogP contribution in [0.15, 0.2) is 30.3 Å². The molecule has 0 fully saturated rings. The summed E-state index contributed by atoms with van der Waals surface area (Å²) in [5.74, 6) is 6.95. The molecule has 20 heavy (non-hydrogen) atoms. The number of rotatable bonds is 2. The highest BCUT2D eigenvalue weighted by atomic mass is 15.3. The van der Waals surface area contributed by atoms with E-state index in [0.717, 1.165) is 25.2 Å². The molecule has 0 unspecified atom stereocenters. The monoisotopic (exact) mass is 270 g/mol. The highest BCUT2D eigenvalue weighted by molar-refractivity contribution is 5.67. The first-order valence-corrected chi connectivity index (χ1v) is 6.74. The van der Waals surface area contributed by atoms with Gasteiger partial charge in [0.1, 0.15) is 11.6 Å². The molecule has 1 aromatic heterocycles. The number of nitrogen functional groups attached to an aromatic ring is 2. The van der Waals surface area contributed by atoms with Crippen molar-refractivity contribution >= 4 is 23.3 Å². The van der Waals surface area contributed by atoms with Crippen molar-refractivity contribution in [2.24, 2.45) is 5.84 Å². The SMILES string of the molecule is NNc1cc(N2CCCCc3ccccc32)nc(N)n1. The van der Waals surface area contributed by atoms with E-state index in [-0.39, 0.29) is 5.95 Å². The molecule has 6 heteroatoms. The lowest BCUT2D eigenvalue weighted by Gasteiger charge is -2.24. The van der Waals surface area contributed by atoms with Crippen LogP contribution in [0, 0.1) is 0 Å². The number of aromatic nitrogens is 2. The average molecular weight is 270 g/mol. The van der Waals surface area contributed by atoms with Gasteiger partial charge in [0.15, 0.2) is 0 Å². The van der Waals surface area contributed by atoms with Crippen molar-refractivity contribution in [3.8, 4) is 0 Å². The highest BCUT2D eigenvalue weighted by Crippen LogP contribution is 2.32. The summed E-state index contributed by atoms with van der Waals surface area (Å²) in [4.78, 5) is 10.6. The second-order valence-electron chi connectivity index (χ2n) is 4.85. The van der Waals surface area contributed by atoms with Crippen molar-refractivity contribution in [1.82, 2.24) is 9.97 Å². The predicted octanol–water partition coefficient (Wildman–Crippen LogP) is 1.82. The fourth-order valence-electron chi connectivity index (χ4n) is 2.59. The van der Waals surface area contributed by atoms with Crippen molar-refractivity contribution in [3.63, 3.8) is 0 Å². The normalized spacial score (nSPS) is 14.6. The number of nitrogens with zero attached hydrogens (tertiary/aromatic N) is 3. The van der Waals surface area contributed by atoms with Gasteiger partial charge < -0.3 is 16.1 Å². The van der Waals surface area contributed by atoms with Crippen LogP contribution in [0.25, 0.3) is 0 Å². The number of nitrogens with one attached hydrogen (secondary N) is 1. The molecule has 1 aliphatic rings. The van der Waals surface area contributed by atoms with Crippen molar-refractivity contribution in [3.05, 3.63) is 35.9 Å². The van der Waals surface area contributed by atoms with Gasteiger partial charge in [-0.15, -0.1) is 0 Å². The molecule has 0 aliphatic carbocycles. The molecule has 6 nitrogen and oxygen atoms in total. The molecule has 2 heterocycles. The van der Waals surface area contributed by atoms with Gasteiger partial charge in [-0.2, -0.15) is 9.97 Å². The standard InChI is InChI=1S/C14H18N6/c15-14-17-12(19-16)9-13(18-14)20-8-4-3-6-10-5-1-2-7-11(10)20/h1-2,5,7,9H,3-4,6,8,16H2,(H3,15,17,18,19). The van der Waals surface area contributed by atoms with Gasteiger partial charge in [0.25, 0.3) is 0 Å². The Labute approximate surface area is 117 Å². The third-order valence-electron chi connectivity index (χ3n) is 3.51. The summed E-state index contributed by atoms with van der Waals surface area (Å²) < 4.78 is 0. The molecular weight excluding hydrogens is 252 g/mol. The number of benzene rings is 1. The summed E-state index contributed by atoms with van der Waals surface area (Å²) in [5.41, 5.74) is 10.8. The molecule has 1 aliphatic heterocycles. The molecule has 2 aromatic rings. The Morgan fingerprint density at radius 1 is 1.15 bits per heavy atom. The van der Waals surface area contributed by atoms with Crippen LogP contribution in [-0.4, -0.2) is 16.5 Å². The maximum atomic E-state index is 5.76. The number of hydrazine groups is 1. The Morgan fingerprint density at radius 3 is 2.85 bits per heavy atom. The zero-order valence-corrected chi connectivity index (χ0v) is 11.2. The van der Waals surface area contributed by atoms with E-state index in [0.29, 0.717) is 5.82 Å². The van der Waals surface area contributed by atoms with Gasteiger partial charge >= 0.3 is 0 Å². The highest BCUT2D eigenvalue weighted by Gasteiger charge is 2.18. The molecule has 0 atom stereocenters. The summed E-state index contributed by atoms with van der Waals surface area (Å²) in [6.07, 6.45) is 3.38. The Balaban J connectivity index is 2.07. The van der Waals surface area contributed by atoms with Crippen LogP contribution in [0.3, 0.4) is 0 Å². The van der Waals surface area contributed by atoms with Crippen LogP contribution in [0.4, 0.5) is 23.3 Å². The van der Waals surface area contributed by atoms with E-state index in [1.54, 1.807) is 0 Å². The summed E-state index contributed by atoms with van der Waals surface area (Å²) in [6, 6.07) is 10.2. The van der Waals surface area contributed by atoms with E-state index in [4.69, 9.17) is 11.6 Å². The molecule has 0 saturated carbocycles. The largest absolute Gasteiger partial charge is 0.368 e. The van der Waals surface area contributed by atoms with Gasteiger partial charge in [-0.05, 0) is 30.9 Å². The first kappa shape index (κ1) is 12.7. The van der Waals surface area contributed by atoms with Crippen molar-refractivity contribution in [2.75, 3.05) is 22.6 Å². The zero-order valence-electron chi connectivity index (χ0n) is 11.2. The minimum Gasteiger partial charge on any atom is -0.368 e. The number of hydrogen-bond donors (Lipinski definition) is 3. The molecule has 0 saturated heterocycles. The predicted molar refractivity (Wildman–Crippen MR) is 80.6 cm³/mol. The third kappa shape index (κ3) is 2.37. The number of nitrogens with two attached hydrogens (primary N) is 2. The quantitative estimate of drug-likeness (QED) is 0.569.